The average molecular weight is 465 g/mol. The summed E-state index contributed by atoms with van der Waals surface area (Å²) < 4.78 is 0. The lowest BCUT2D eigenvalue weighted by Crippen LogP contribution is -2.15. The smallest absolute Gasteiger partial charge is 0.0616 e. The first kappa shape index (κ1) is 18.5. The number of fused-ring (bicyclic) bond motifs is 4. The zero-order valence-corrected chi connectivity index (χ0v) is 18.7. The van der Waals surface area contributed by atoms with Crippen molar-refractivity contribution in [2.24, 2.45) is 0 Å². The molecule has 146 valence electrons. The third kappa shape index (κ3) is 3.07. The van der Waals surface area contributed by atoms with E-state index in [0.717, 1.165) is 38.5 Å². The Balaban J connectivity index is 1.49. The molecule has 2 nitrogen and oxygen atoms in total. The summed E-state index contributed by atoms with van der Waals surface area (Å²) >= 11 is 16.1. The summed E-state index contributed by atoms with van der Waals surface area (Å²) in [7, 11) is 0. The van der Waals surface area contributed by atoms with E-state index in [4.69, 9.17) is 23.2 Å². The zero-order valence-electron chi connectivity index (χ0n) is 15.5. The number of halogens is 2. The molecule has 4 aromatic rings. The number of hydrogen-bond acceptors (Lipinski definition) is 4. The van der Waals surface area contributed by atoms with Gasteiger partial charge in [-0.05, 0) is 66.7 Å². The van der Waals surface area contributed by atoms with E-state index in [2.05, 4.69) is 64.8 Å². The van der Waals surface area contributed by atoms with Crippen molar-refractivity contribution in [1.82, 2.24) is 0 Å². The summed E-state index contributed by atoms with van der Waals surface area (Å²) in [5, 5.41) is 4.98. The third-order valence-corrected chi connectivity index (χ3v) is 7.88. The highest BCUT2D eigenvalue weighted by Gasteiger charge is 2.26. The van der Waals surface area contributed by atoms with Crippen molar-refractivity contribution in [1.29, 1.82) is 0 Å². The van der Waals surface area contributed by atoms with Gasteiger partial charge in [-0.3, -0.25) is 0 Å². The first-order valence-electron chi connectivity index (χ1n) is 9.41. The molecule has 30 heavy (non-hydrogen) atoms. The number of nitrogens with zero attached hydrogens (tertiary/aromatic N) is 1. The molecule has 0 aromatic heterocycles. The first-order chi connectivity index (χ1) is 14.7. The van der Waals surface area contributed by atoms with Crippen LogP contribution in [0.25, 0.3) is 0 Å². The van der Waals surface area contributed by atoms with Gasteiger partial charge >= 0.3 is 0 Å². The SMILES string of the molecule is Clc1ccc2c(c1)Nc1ccc(N3c4ccccc4Sc4ccc(Cl)cc43)cc1S2. The topological polar surface area (TPSA) is 15.3 Å². The van der Waals surface area contributed by atoms with Gasteiger partial charge in [0.05, 0.1) is 22.7 Å². The lowest BCUT2D eigenvalue weighted by Gasteiger charge is -2.33. The second-order valence-corrected chi connectivity index (χ2v) is 10.1. The Hall–Kier alpha value is -2.24. The zero-order chi connectivity index (χ0) is 20.2. The molecule has 2 aliphatic rings. The summed E-state index contributed by atoms with van der Waals surface area (Å²) in [6.45, 7) is 0. The Morgan fingerprint density at radius 1 is 0.600 bits per heavy atom. The predicted octanol–water partition coefficient (Wildman–Crippen LogP) is 9.14. The Morgan fingerprint density at radius 2 is 1.33 bits per heavy atom. The Bertz CT molecular complexity index is 1320. The van der Waals surface area contributed by atoms with Crippen molar-refractivity contribution < 1.29 is 0 Å². The summed E-state index contributed by atoms with van der Waals surface area (Å²) in [6, 6.07) is 27.1. The number of anilines is 5. The molecule has 0 saturated heterocycles. The van der Waals surface area contributed by atoms with E-state index in [1.807, 2.05) is 24.3 Å². The molecular formula is C24H14Cl2N2S2. The van der Waals surface area contributed by atoms with Crippen LogP contribution in [-0.2, 0) is 0 Å². The maximum Gasteiger partial charge on any atom is 0.0616 e. The Labute approximate surface area is 193 Å². The molecule has 0 fully saturated rings. The highest BCUT2D eigenvalue weighted by Crippen LogP contribution is 2.53. The van der Waals surface area contributed by atoms with Gasteiger partial charge in [-0.1, -0.05) is 58.9 Å². The molecule has 6 rings (SSSR count). The van der Waals surface area contributed by atoms with Crippen LogP contribution in [0.1, 0.15) is 0 Å². The molecule has 6 heteroatoms. The van der Waals surface area contributed by atoms with Crippen LogP contribution in [0.15, 0.2) is 98.4 Å². The fourth-order valence-electron chi connectivity index (χ4n) is 3.80. The van der Waals surface area contributed by atoms with Gasteiger partial charge in [0.25, 0.3) is 0 Å². The lowest BCUT2D eigenvalue weighted by molar-refractivity contribution is 1.16. The molecule has 1 N–H and O–H groups in total. The lowest BCUT2D eigenvalue weighted by atomic mass is 10.1. The van der Waals surface area contributed by atoms with Crippen molar-refractivity contribution in [3.05, 3.63) is 88.9 Å². The van der Waals surface area contributed by atoms with Crippen molar-refractivity contribution in [3.8, 4) is 0 Å². The van der Waals surface area contributed by atoms with Crippen LogP contribution in [0.3, 0.4) is 0 Å². The maximum absolute atomic E-state index is 6.38. The van der Waals surface area contributed by atoms with Crippen LogP contribution in [0, 0.1) is 0 Å². The fourth-order valence-corrected chi connectivity index (χ4v) is 6.17. The Kier molecular flexibility index (Phi) is 4.43. The molecule has 2 heterocycles. The van der Waals surface area contributed by atoms with E-state index < -0.39 is 0 Å². The molecular weight excluding hydrogens is 451 g/mol. The molecule has 0 aliphatic carbocycles. The van der Waals surface area contributed by atoms with E-state index in [1.165, 1.54) is 19.6 Å². The molecule has 0 spiro atoms. The number of benzene rings is 4. The van der Waals surface area contributed by atoms with Gasteiger partial charge in [0.2, 0.25) is 0 Å². The molecule has 4 aromatic carbocycles. The van der Waals surface area contributed by atoms with E-state index >= 15 is 0 Å². The van der Waals surface area contributed by atoms with Crippen LogP contribution in [0.5, 0.6) is 0 Å². The number of hydrogen-bond donors (Lipinski definition) is 1. The molecule has 2 aliphatic heterocycles. The predicted molar refractivity (Wildman–Crippen MR) is 129 cm³/mol. The second-order valence-electron chi connectivity index (χ2n) is 7.07. The standard InChI is InChI=1S/C24H14Cl2N2S2/c25-14-5-9-21-18(11-14)27-17-8-7-16(13-24(17)29-21)28-19-3-1-2-4-22(19)30-23-10-6-15(26)12-20(23)28/h1-13,27H. The monoisotopic (exact) mass is 464 g/mol. The van der Waals surface area contributed by atoms with Gasteiger partial charge in [0.15, 0.2) is 0 Å². The van der Waals surface area contributed by atoms with Crippen molar-refractivity contribution in [2.75, 3.05) is 10.2 Å². The van der Waals surface area contributed by atoms with Crippen LogP contribution < -0.4 is 10.2 Å². The van der Waals surface area contributed by atoms with Gasteiger partial charge in [0, 0.05) is 35.3 Å². The fraction of sp³-hybridized carbons (Fsp3) is 0. The second kappa shape index (κ2) is 7.17. The molecule has 0 bridgehead atoms. The van der Waals surface area contributed by atoms with Gasteiger partial charge in [-0.15, -0.1) is 0 Å². The van der Waals surface area contributed by atoms with Crippen molar-refractivity contribution in [2.45, 2.75) is 19.6 Å². The minimum absolute atomic E-state index is 0.734. The largest absolute Gasteiger partial charge is 0.354 e. The van der Waals surface area contributed by atoms with Crippen molar-refractivity contribution in [3.63, 3.8) is 0 Å². The number of para-hydroxylation sites is 1. The molecule has 0 unspecified atom stereocenters. The average Bonchev–Trinajstić information content (AvgIpc) is 2.76. The van der Waals surface area contributed by atoms with Gasteiger partial charge < -0.3 is 10.2 Å². The summed E-state index contributed by atoms with van der Waals surface area (Å²) in [6.07, 6.45) is 0. The molecule has 0 atom stereocenters. The van der Waals surface area contributed by atoms with Gasteiger partial charge in [0.1, 0.15) is 0 Å². The van der Waals surface area contributed by atoms with Crippen LogP contribution in [0.2, 0.25) is 10.0 Å². The highest BCUT2D eigenvalue weighted by molar-refractivity contribution is 8.00. The highest BCUT2D eigenvalue weighted by atomic mass is 35.5. The molecule has 0 amide bonds. The first-order valence-corrected chi connectivity index (χ1v) is 11.8. The third-order valence-electron chi connectivity index (χ3n) is 5.14. The van der Waals surface area contributed by atoms with E-state index in [1.54, 1.807) is 23.5 Å². The Morgan fingerprint density at radius 3 is 2.23 bits per heavy atom. The summed E-state index contributed by atoms with van der Waals surface area (Å²) in [5.74, 6) is 0. The van der Waals surface area contributed by atoms with Gasteiger partial charge in [-0.25, -0.2) is 0 Å². The maximum atomic E-state index is 6.38. The van der Waals surface area contributed by atoms with Gasteiger partial charge in [-0.2, -0.15) is 0 Å². The van der Waals surface area contributed by atoms with Crippen LogP contribution in [-0.4, -0.2) is 0 Å². The van der Waals surface area contributed by atoms with Crippen LogP contribution >= 0.6 is 46.7 Å². The minimum atomic E-state index is 0.734. The van der Waals surface area contributed by atoms with E-state index in [-0.39, 0.29) is 0 Å². The summed E-state index contributed by atoms with van der Waals surface area (Å²) in [4.78, 5) is 7.08. The van der Waals surface area contributed by atoms with E-state index in [0.29, 0.717) is 0 Å². The van der Waals surface area contributed by atoms with Crippen molar-refractivity contribution >= 4 is 75.2 Å². The van der Waals surface area contributed by atoms with E-state index in [9.17, 15) is 0 Å². The summed E-state index contributed by atoms with van der Waals surface area (Å²) in [5.41, 5.74) is 5.51. The molecule has 0 saturated carbocycles. The molecule has 0 radical (unpaired) electrons. The quantitative estimate of drug-likeness (QED) is 0.260. The minimum Gasteiger partial charge on any atom is -0.354 e. The number of nitrogens with one attached hydrogen (secondary N) is 1. The van der Waals surface area contributed by atoms with Crippen LogP contribution in [0.4, 0.5) is 28.4 Å². The number of rotatable bonds is 1. The normalized spacial score (nSPS) is 13.6.